The Labute approximate surface area is 360 Å². The molecule has 4 rings (SSSR count). The Morgan fingerprint density at radius 2 is 0.812 bits per heavy atom. The van der Waals surface area contributed by atoms with E-state index in [9.17, 15) is 48.6 Å². The average Bonchev–Trinajstić information content (AvgIpc) is 3.21. The van der Waals surface area contributed by atoms with Crippen molar-refractivity contribution in [2.75, 3.05) is 13.2 Å². The van der Waals surface area contributed by atoms with Crippen LogP contribution in [0.25, 0.3) is 0 Å². The molecule has 4 aromatic rings. The summed E-state index contributed by atoms with van der Waals surface area (Å²) in [6.45, 7) is -0.705. The van der Waals surface area contributed by atoms with Crippen LogP contribution < -0.4 is 52.5 Å². The molecule has 4 aromatic carbocycles. The van der Waals surface area contributed by atoms with Crippen molar-refractivity contribution in [3.63, 3.8) is 0 Å². The highest BCUT2D eigenvalue weighted by atomic mass is 16.5. The van der Waals surface area contributed by atoms with Gasteiger partial charge in [0.15, 0.2) is 11.9 Å². The number of nitrogens with one attached hydrogen (secondary N) is 2. The van der Waals surface area contributed by atoms with Crippen molar-refractivity contribution in [1.82, 2.24) is 10.6 Å². The van der Waals surface area contributed by atoms with Gasteiger partial charge in [-0.1, -0.05) is 0 Å². The zero-order chi connectivity index (χ0) is 47.1. The van der Waals surface area contributed by atoms with Gasteiger partial charge in [0.1, 0.15) is 48.3 Å². The van der Waals surface area contributed by atoms with Gasteiger partial charge < -0.3 is 72.9 Å². The summed E-state index contributed by atoms with van der Waals surface area (Å²) in [5.41, 5.74) is 21.6. The van der Waals surface area contributed by atoms with Gasteiger partial charge in [-0.05, 0) is 72.8 Å². The molecule has 0 aromatic heterocycles. The molecular weight excluding hydrogens is 848 g/mol. The summed E-state index contributed by atoms with van der Waals surface area (Å²) in [6, 6.07) is 14.1. The van der Waals surface area contributed by atoms with Crippen LogP contribution in [0.2, 0.25) is 0 Å². The first-order valence-electron chi connectivity index (χ1n) is 18.2. The van der Waals surface area contributed by atoms with Crippen molar-refractivity contribution in [3.05, 3.63) is 107 Å². The van der Waals surface area contributed by atoms with Gasteiger partial charge in [-0.15, -0.1) is 0 Å². The minimum Gasteiger partial charge on any atom is -0.490 e. The Balaban J connectivity index is 1.59. The van der Waals surface area contributed by atoms with Gasteiger partial charge >= 0.3 is 35.8 Å². The van der Waals surface area contributed by atoms with E-state index in [1.54, 1.807) is 0 Å². The standard InChI is InChI=1S/C40H38N8O16/c41-39(42)45-23-5-1-19(2-6-23)37(59)63-27-13-21(33(53)47-29(35(55)56)17-31(49)50)11-25(15-27)61-9-10-62-26-12-22(34(54)48-30(36(57)58)18-32(51)52)14-28(16-26)64-38(60)20-3-7-24(8-4-20)46-40(43)44/h1-8,11-16,29-30H,9-10,17-18H2,(H,47,53)(H,48,54)(H,49,50)(H,51,52)(H,55,56)(H,57,58)(H4,41,42,45)(H4,43,44,46)/t29-,30?/m0/s1. The SMILES string of the molecule is NC(N)=Nc1ccc(C(=O)Oc2cc(OCCOc3cc(OC(=O)c4ccc(N=C(N)N)cc4)cc(C(=O)N[C@@H](CC(=O)O)C(=O)O)c3)cc(C(=O)NC(CC(=O)O)C(=O)O)c2)cc1. The number of aliphatic imine (C=N–C) groups is 2. The molecule has 0 saturated carbocycles. The maximum absolute atomic E-state index is 13.2. The Bertz CT molecular complexity index is 2330. The molecule has 2 atom stereocenters. The average molecular weight is 887 g/mol. The number of hydrogen-bond donors (Lipinski definition) is 10. The maximum atomic E-state index is 13.2. The number of rotatable bonds is 21. The van der Waals surface area contributed by atoms with Crippen LogP contribution >= 0.6 is 0 Å². The van der Waals surface area contributed by atoms with Crippen molar-refractivity contribution in [1.29, 1.82) is 0 Å². The summed E-state index contributed by atoms with van der Waals surface area (Å²) in [4.78, 5) is 106. The molecule has 0 bridgehead atoms. The summed E-state index contributed by atoms with van der Waals surface area (Å²) < 4.78 is 22.4. The third-order valence-electron chi connectivity index (χ3n) is 8.01. The molecule has 0 fully saturated rings. The second-order valence-corrected chi connectivity index (χ2v) is 13.0. The fourth-order valence-corrected chi connectivity index (χ4v) is 5.22. The van der Waals surface area contributed by atoms with E-state index in [0.717, 1.165) is 24.3 Å². The Morgan fingerprint density at radius 3 is 1.11 bits per heavy atom. The number of hydrogen-bond acceptors (Lipinski definition) is 14. The molecule has 0 aliphatic rings. The number of carboxylic acids is 4. The number of benzene rings is 4. The Hall–Kier alpha value is -9.22. The normalized spacial score (nSPS) is 11.3. The highest BCUT2D eigenvalue weighted by molar-refractivity contribution is 6.00. The smallest absolute Gasteiger partial charge is 0.343 e. The molecule has 0 spiro atoms. The van der Waals surface area contributed by atoms with E-state index in [1.165, 1.54) is 60.7 Å². The number of aliphatic carboxylic acids is 4. The topological polar surface area (TPSA) is 407 Å². The van der Waals surface area contributed by atoms with Crippen molar-refractivity contribution in [2.45, 2.75) is 24.9 Å². The fourth-order valence-electron chi connectivity index (χ4n) is 5.22. The van der Waals surface area contributed by atoms with Crippen LogP contribution in [0, 0.1) is 0 Å². The van der Waals surface area contributed by atoms with Gasteiger partial charge in [-0.25, -0.2) is 29.2 Å². The van der Waals surface area contributed by atoms with Crippen LogP contribution in [0.15, 0.2) is 94.9 Å². The third-order valence-corrected chi connectivity index (χ3v) is 8.01. The van der Waals surface area contributed by atoms with E-state index in [2.05, 4.69) is 20.6 Å². The van der Waals surface area contributed by atoms with Gasteiger partial charge in [0.05, 0.1) is 35.3 Å². The van der Waals surface area contributed by atoms with Gasteiger partial charge in [0.25, 0.3) is 11.8 Å². The van der Waals surface area contributed by atoms with Gasteiger partial charge in [-0.2, -0.15) is 0 Å². The minimum absolute atomic E-state index is 0.0229. The molecule has 0 saturated heterocycles. The lowest BCUT2D eigenvalue weighted by atomic mass is 10.1. The summed E-state index contributed by atoms with van der Waals surface area (Å²) in [5, 5.41) is 41.3. The third kappa shape index (κ3) is 14.8. The van der Waals surface area contributed by atoms with Crippen molar-refractivity contribution in [3.8, 4) is 23.0 Å². The van der Waals surface area contributed by atoms with Gasteiger partial charge in [0.2, 0.25) is 0 Å². The number of nitrogens with zero attached hydrogens (tertiary/aromatic N) is 2. The van der Waals surface area contributed by atoms with Crippen molar-refractivity contribution >= 4 is 70.9 Å². The molecule has 64 heavy (non-hydrogen) atoms. The predicted molar refractivity (Wildman–Crippen MR) is 220 cm³/mol. The summed E-state index contributed by atoms with van der Waals surface area (Å²) >= 11 is 0. The Kier molecular flexibility index (Phi) is 16.2. The number of amides is 2. The van der Waals surface area contributed by atoms with E-state index in [-0.39, 0.29) is 70.4 Å². The van der Waals surface area contributed by atoms with Gasteiger partial charge in [0, 0.05) is 23.3 Å². The molecule has 2 amide bonds. The van der Waals surface area contributed by atoms with Crippen LogP contribution in [0.3, 0.4) is 0 Å². The highest BCUT2D eigenvalue weighted by Crippen LogP contribution is 2.27. The highest BCUT2D eigenvalue weighted by Gasteiger charge is 2.26. The molecule has 0 aliphatic carbocycles. The number of ether oxygens (including phenoxy) is 4. The second-order valence-electron chi connectivity index (χ2n) is 13.0. The number of carbonyl (C=O) groups is 8. The van der Waals surface area contributed by atoms with Crippen LogP contribution in [0.5, 0.6) is 23.0 Å². The van der Waals surface area contributed by atoms with Crippen molar-refractivity contribution in [2.24, 2.45) is 32.9 Å². The molecule has 0 heterocycles. The predicted octanol–water partition coefficient (Wildman–Crippen LogP) is 0.708. The number of guanidine groups is 2. The zero-order valence-corrected chi connectivity index (χ0v) is 33.0. The molecule has 24 heteroatoms. The lowest BCUT2D eigenvalue weighted by Crippen LogP contribution is -2.42. The van der Waals surface area contributed by atoms with Crippen LogP contribution in [-0.2, 0) is 19.2 Å². The number of nitrogens with two attached hydrogens (primary N) is 4. The monoisotopic (exact) mass is 886 g/mol. The molecule has 0 radical (unpaired) electrons. The largest absolute Gasteiger partial charge is 0.490 e. The van der Waals surface area contributed by atoms with E-state index in [1.807, 2.05) is 0 Å². The summed E-state index contributed by atoms with van der Waals surface area (Å²) in [5.74, 6) is -11.6. The number of carboxylic acid groups (broad SMARTS) is 4. The first-order valence-corrected chi connectivity index (χ1v) is 18.2. The molecular formula is C40H38N8O16. The van der Waals surface area contributed by atoms with E-state index in [0.29, 0.717) is 11.4 Å². The van der Waals surface area contributed by atoms with E-state index >= 15 is 0 Å². The van der Waals surface area contributed by atoms with Gasteiger partial charge in [-0.3, -0.25) is 19.2 Å². The summed E-state index contributed by atoms with van der Waals surface area (Å²) in [6.07, 6.45) is -1.93. The van der Waals surface area contributed by atoms with Crippen molar-refractivity contribution < 1.29 is 77.7 Å². The Morgan fingerprint density at radius 1 is 0.484 bits per heavy atom. The van der Waals surface area contributed by atoms with Crippen LogP contribution in [0.1, 0.15) is 54.3 Å². The second kappa shape index (κ2) is 21.9. The molecule has 334 valence electrons. The molecule has 1 unspecified atom stereocenters. The van der Waals surface area contributed by atoms with Crippen LogP contribution in [-0.4, -0.2) is 105 Å². The number of carbonyl (C=O) groups excluding carboxylic acids is 4. The van der Waals surface area contributed by atoms with Crippen LogP contribution in [0.4, 0.5) is 11.4 Å². The fraction of sp³-hybridized carbons (Fsp3) is 0.150. The molecule has 14 N–H and O–H groups in total. The van der Waals surface area contributed by atoms with E-state index in [4.69, 9.17) is 52.1 Å². The zero-order valence-electron chi connectivity index (χ0n) is 33.0. The maximum Gasteiger partial charge on any atom is 0.343 e. The van der Waals surface area contributed by atoms with E-state index < -0.39 is 72.6 Å². The lowest BCUT2D eigenvalue weighted by molar-refractivity contribution is -0.145. The molecule has 24 nitrogen and oxygen atoms in total. The molecule has 0 aliphatic heterocycles. The number of esters is 2. The quantitative estimate of drug-likeness (QED) is 0.0181. The first-order chi connectivity index (χ1) is 30.3. The minimum atomic E-state index is -1.84. The first kappa shape index (κ1) is 47.5. The summed E-state index contributed by atoms with van der Waals surface area (Å²) in [7, 11) is 0. The lowest BCUT2D eigenvalue weighted by Gasteiger charge is -2.16.